The Kier molecular flexibility index (Phi) is 5.88. The van der Waals surface area contributed by atoms with Crippen molar-refractivity contribution >= 4 is 34.8 Å². The van der Waals surface area contributed by atoms with E-state index in [1.807, 2.05) is 30.3 Å². The Hall–Kier alpha value is -2.41. The summed E-state index contributed by atoms with van der Waals surface area (Å²) in [5.41, 5.74) is 1.46. The van der Waals surface area contributed by atoms with Crippen molar-refractivity contribution in [3.05, 3.63) is 64.5 Å². The summed E-state index contributed by atoms with van der Waals surface area (Å²) >= 11 is 11.8. The van der Waals surface area contributed by atoms with Gasteiger partial charge in [0, 0.05) is 11.3 Å². The minimum Gasteiger partial charge on any atom is -0.338 e. The fourth-order valence-electron chi connectivity index (χ4n) is 2.33. The summed E-state index contributed by atoms with van der Waals surface area (Å²) in [4.78, 5) is 18.3. The topological polar surface area (TPSA) is 71.3 Å². The Morgan fingerprint density at radius 3 is 2.65 bits per heavy atom. The van der Waals surface area contributed by atoms with Gasteiger partial charge in [0.1, 0.15) is 0 Å². The number of halogens is 2. The molecule has 0 saturated carbocycles. The quantitative estimate of drug-likeness (QED) is 0.685. The molecule has 1 aromatic heterocycles. The van der Waals surface area contributed by atoms with E-state index in [0.717, 1.165) is 5.56 Å². The van der Waals surface area contributed by atoms with E-state index in [-0.39, 0.29) is 12.5 Å². The second-order valence-electron chi connectivity index (χ2n) is 5.73. The third kappa shape index (κ3) is 4.82. The molecule has 1 heterocycles. The lowest BCUT2D eigenvalue weighted by Crippen LogP contribution is -2.29. The zero-order valence-electron chi connectivity index (χ0n) is 13.9. The molecule has 0 aliphatic heterocycles. The van der Waals surface area contributed by atoms with Crippen molar-refractivity contribution in [2.45, 2.75) is 6.54 Å². The van der Waals surface area contributed by atoms with Crippen LogP contribution < -0.4 is 5.32 Å². The van der Waals surface area contributed by atoms with Gasteiger partial charge in [0.05, 0.1) is 23.1 Å². The third-order valence-electron chi connectivity index (χ3n) is 3.52. The molecule has 134 valence electrons. The molecule has 1 N–H and O–H groups in total. The van der Waals surface area contributed by atoms with E-state index in [1.54, 1.807) is 30.1 Å². The number of aromatic nitrogens is 2. The van der Waals surface area contributed by atoms with Crippen LogP contribution in [-0.2, 0) is 11.3 Å². The second kappa shape index (κ2) is 8.31. The van der Waals surface area contributed by atoms with Crippen LogP contribution in [0.25, 0.3) is 11.4 Å². The highest BCUT2D eigenvalue weighted by atomic mass is 35.5. The average molecular weight is 391 g/mol. The highest BCUT2D eigenvalue weighted by Crippen LogP contribution is 2.25. The number of hydrogen-bond donors (Lipinski definition) is 1. The number of rotatable bonds is 6. The highest BCUT2D eigenvalue weighted by molar-refractivity contribution is 6.42. The first-order valence-corrected chi connectivity index (χ1v) is 8.58. The van der Waals surface area contributed by atoms with Crippen LogP contribution in [0.3, 0.4) is 0 Å². The smallest absolute Gasteiger partial charge is 0.241 e. The van der Waals surface area contributed by atoms with Gasteiger partial charge in [0.25, 0.3) is 0 Å². The molecule has 1 amide bonds. The zero-order chi connectivity index (χ0) is 18.5. The zero-order valence-corrected chi connectivity index (χ0v) is 15.5. The number of amides is 1. The molecule has 8 heteroatoms. The first kappa shape index (κ1) is 18.4. The maximum absolute atomic E-state index is 12.1. The van der Waals surface area contributed by atoms with Crippen LogP contribution in [0.2, 0.25) is 10.0 Å². The van der Waals surface area contributed by atoms with Crippen molar-refractivity contribution in [1.82, 2.24) is 15.0 Å². The highest BCUT2D eigenvalue weighted by Gasteiger charge is 2.13. The van der Waals surface area contributed by atoms with Gasteiger partial charge in [-0.15, -0.1) is 0 Å². The van der Waals surface area contributed by atoms with E-state index >= 15 is 0 Å². The molecule has 0 saturated heterocycles. The number of benzene rings is 2. The number of likely N-dealkylation sites (N-methyl/N-ethyl adjacent to an activating group) is 1. The Balaban J connectivity index is 1.55. The van der Waals surface area contributed by atoms with E-state index < -0.39 is 0 Å². The van der Waals surface area contributed by atoms with E-state index in [1.165, 1.54) is 0 Å². The summed E-state index contributed by atoms with van der Waals surface area (Å²) in [6, 6.07) is 14.5. The molecule has 0 radical (unpaired) electrons. The van der Waals surface area contributed by atoms with E-state index in [4.69, 9.17) is 27.7 Å². The van der Waals surface area contributed by atoms with Crippen LogP contribution in [-0.4, -0.2) is 34.5 Å². The summed E-state index contributed by atoms with van der Waals surface area (Å²) in [5, 5.41) is 7.55. The normalized spacial score (nSPS) is 10.9. The Bertz CT molecular complexity index is 899. The van der Waals surface area contributed by atoms with Gasteiger partial charge in [-0.3, -0.25) is 9.69 Å². The molecule has 0 aliphatic carbocycles. The van der Waals surface area contributed by atoms with Crippen molar-refractivity contribution in [2.75, 3.05) is 18.9 Å². The van der Waals surface area contributed by atoms with Crippen molar-refractivity contribution in [1.29, 1.82) is 0 Å². The lowest BCUT2D eigenvalue weighted by atomic mass is 10.2. The van der Waals surface area contributed by atoms with Gasteiger partial charge in [-0.05, 0) is 25.2 Å². The van der Waals surface area contributed by atoms with Crippen LogP contribution in [0.5, 0.6) is 0 Å². The van der Waals surface area contributed by atoms with Gasteiger partial charge in [0.15, 0.2) is 0 Å². The van der Waals surface area contributed by atoms with Crippen LogP contribution in [0.15, 0.2) is 53.1 Å². The predicted octanol–water partition coefficient (Wildman–Crippen LogP) is 4.11. The molecule has 0 aliphatic rings. The second-order valence-corrected chi connectivity index (χ2v) is 6.54. The largest absolute Gasteiger partial charge is 0.338 e. The minimum absolute atomic E-state index is 0.156. The van der Waals surface area contributed by atoms with Crippen molar-refractivity contribution in [2.24, 2.45) is 0 Å². The molecular formula is C18H16Cl2N4O2. The number of nitrogens with zero attached hydrogens (tertiary/aromatic N) is 3. The molecule has 0 bridgehead atoms. The van der Waals surface area contributed by atoms with Gasteiger partial charge < -0.3 is 9.84 Å². The Morgan fingerprint density at radius 2 is 1.92 bits per heavy atom. The Morgan fingerprint density at radius 1 is 1.15 bits per heavy atom. The number of carbonyl (C=O) groups is 1. The monoisotopic (exact) mass is 390 g/mol. The van der Waals surface area contributed by atoms with Crippen LogP contribution >= 0.6 is 23.2 Å². The molecule has 0 atom stereocenters. The molecule has 0 fully saturated rings. The van der Waals surface area contributed by atoms with Crippen LogP contribution in [0, 0.1) is 0 Å². The first-order valence-electron chi connectivity index (χ1n) is 7.83. The molecule has 6 nitrogen and oxygen atoms in total. The maximum atomic E-state index is 12.1. The van der Waals surface area contributed by atoms with Crippen LogP contribution in [0.1, 0.15) is 5.89 Å². The first-order chi connectivity index (χ1) is 12.5. The number of nitrogens with one attached hydrogen (secondary N) is 1. The Labute approximate surface area is 160 Å². The van der Waals surface area contributed by atoms with E-state index in [2.05, 4.69) is 15.5 Å². The fourth-order valence-corrected chi connectivity index (χ4v) is 2.63. The molecule has 0 unspecified atom stereocenters. The fraction of sp³-hybridized carbons (Fsp3) is 0.167. The van der Waals surface area contributed by atoms with Crippen LogP contribution in [0.4, 0.5) is 5.69 Å². The van der Waals surface area contributed by atoms with Crippen molar-refractivity contribution < 1.29 is 9.32 Å². The summed E-state index contributed by atoms with van der Waals surface area (Å²) in [5.74, 6) is 0.775. The molecule has 3 aromatic rings. The van der Waals surface area contributed by atoms with E-state index in [0.29, 0.717) is 34.0 Å². The average Bonchev–Trinajstić information content (AvgIpc) is 3.07. The summed E-state index contributed by atoms with van der Waals surface area (Å²) < 4.78 is 5.25. The number of hydrogen-bond acceptors (Lipinski definition) is 5. The summed E-state index contributed by atoms with van der Waals surface area (Å²) in [6.07, 6.45) is 0. The van der Waals surface area contributed by atoms with Gasteiger partial charge in [-0.25, -0.2) is 0 Å². The number of carbonyl (C=O) groups excluding carboxylic acids is 1. The van der Waals surface area contributed by atoms with Gasteiger partial charge in [-0.2, -0.15) is 4.98 Å². The van der Waals surface area contributed by atoms with Gasteiger partial charge >= 0.3 is 0 Å². The van der Waals surface area contributed by atoms with E-state index in [9.17, 15) is 4.79 Å². The third-order valence-corrected chi connectivity index (χ3v) is 4.26. The predicted molar refractivity (Wildman–Crippen MR) is 101 cm³/mol. The standard InChI is InChI=1S/C18H16Cl2N4O2/c1-24(10-16(25)21-13-7-8-14(19)15(20)9-13)11-17-22-18(23-26-17)12-5-3-2-4-6-12/h2-9H,10-11H2,1H3,(H,21,25). The minimum atomic E-state index is -0.186. The van der Waals surface area contributed by atoms with Gasteiger partial charge in [-0.1, -0.05) is 58.7 Å². The summed E-state index contributed by atoms with van der Waals surface area (Å²) in [6.45, 7) is 0.512. The lowest BCUT2D eigenvalue weighted by Gasteiger charge is -2.14. The molecule has 0 spiro atoms. The molecular weight excluding hydrogens is 375 g/mol. The van der Waals surface area contributed by atoms with Crippen molar-refractivity contribution in [3.8, 4) is 11.4 Å². The molecule has 2 aromatic carbocycles. The molecule has 26 heavy (non-hydrogen) atoms. The maximum Gasteiger partial charge on any atom is 0.241 e. The lowest BCUT2D eigenvalue weighted by molar-refractivity contribution is -0.117. The number of anilines is 1. The van der Waals surface area contributed by atoms with Gasteiger partial charge in [0.2, 0.25) is 17.6 Å². The van der Waals surface area contributed by atoms with Crippen molar-refractivity contribution in [3.63, 3.8) is 0 Å². The summed E-state index contributed by atoms with van der Waals surface area (Å²) in [7, 11) is 1.79. The molecule has 3 rings (SSSR count). The SMILES string of the molecule is CN(CC(=O)Nc1ccc(Cl)c(Cl)c1)Cc1nc(-c2ccccc2)no1.